The van der Waals surface area contributed by atoms with Crippen molar-refractivity contribution in [3.8, 4) is 0 Å². The van der Waals surface area contributed by atoms with E-state index in [2.05, 4.69) is 10.3 Å². The van der Waals surface area contributed by atoms with Crippen LogP contribution in [0.1, 0.15) is 15.9 Å². The first-order chi connectivity index (χ1) is 9.65. The zero-order valence-electron chi connectivity index (χ0n) is 10.9. The number of nitrogens with zero attached hydrogens (tertiary/aromatic N) is 1. The summed E-state index contributed by atoms with van der Waals surface area (Å²) < 4.78 is 1.04. The number of carbonyl (C=O) groups is 1. The largest absolute Gasteiger partial charge is 0.398 e. The predicted octanol–water partition coefficient (Wildman–Crippen LogP) is 3.44. The molecule has 4 nitrogen and oxygen atoms in total. The van der Waals surface area contributed by atoms with Crippen LogP contribution in [0.5, 0.6) is 0 Å². The van der Waals surface area contributed by atoms with Crippen molar-refractivity contribution in [1.29, 1.82) is 0 Å². The minimum Gasteiger partial charge on any atom is -0.398 e. The van der Waals surface area contributed by atoms with Gasteiger partial charge in [0.15, 0.2) is 5.13 Å². The van der Waals surface area contributed by atoms with E-state index in [4.69, 9.17) is 5.73 Å². The lowest BCUT2D eigenvalue weighted by molar-refractivity contribution is 0.102. The number of thiazole rings is 1. The number of amides is 1. The van der Waals surface area contributed by atoms with E-state index in [1.165, 1.54) is 11.3 Å². The SMILES string of the molecule is Cc1cccc(N)c1C(=O)Nc1nc2ccccc2s1. The lowest BCUT2D eigenvalue weighted by Gasteiger charge is -2.08. The van der Waals surface area contributed by atoms with Gasteiger partial charge in [-0.15, -0.1) is 0 Å². The third kappa shape index (κ3) is 2.23. The number of nitrogen functional groups attached to an aromatic ring is 1. The Kier molecular flexibility index (Phi) is 3.12. The molecule has 0 saturated carbocycles. The van der Waals surface area contributed by atoms with E-state index in [0.717, 1.165) is 15.8 Å². The van der Waals surface area contributed by atoms with Crippen LogP contribution in [0.25, 0.3) is 10.2 Å². The Morgan fingerprint density at radius 1 is 1.20 bits per heavy atom. The van der Waals surface area contributed by atoms with E-state index in [9.17, 15) is 4.79 Å². The minimum absolute atomic E-state index is 0.223. The van der Waals surface area contributed by atoms with Gasteiger partial charge >= 0.3 is 0 Å². The highest BCUT2D eigenvalue weighted by molar-refractivity contribution is 7.22. The molecule has 0 aliphatic rings. The van der Waals surface area contributed by atoms with Crippen LogP contribution in [-0.2, 0) is 0 Å². The number of hydrogen-bond acceptors (Lipinski definition) is 4. The Morgan fingerprint density at radius 2 is 2.00 bits per heavy atom. The molecule has 100 valence electrons. The summed E-state index contributed by atoms with van der Waals surface area (Å²) in [7, 11) is 0. The Bertz CT molecular complexity index is 741. The average molecular weight is 283 g/mol. The molecule has 0 bridgehead atoms. The Hall–Kier alpha value is -2.40. The fraction of sp³-hybridized carbons (Fsp3) is 0.0667. The molecular weight excluding hydrogens is 270 g/mol. The molecule has 1 amide bonds. The summed E-state index contributed by atoms with van der Waals surface area (Å²) >= 11 is 1.45. The van der Waals surface area contributed by atoms with Crippen molar-refractivity contribution in [3.05, 3.63) is 53.6 Å². The zero-order chi connectivity index (χ0) is 14.1. The van der Waals surface area contributed by atoms with Crippen molar-refractivity contribution in [1.82, 2.24) is 4.98 Å². The number of para-hydroxylation sites is 1. The van der Waals surface area contributed by atoms with Crippen molar-refractivity contribution in [2.75, 3.05) is 11.1 Å². The van der Waals surface area contributed by atoms with Gasteiger partial charge in [0.2, 0.25) is 0 Å². The monoisotopic (exact) mass is 283 g/mol. The van der Waals surface area contributed by atoms with Crippen molar-refractivity contribution < 1.29 is 4.79 Å². The van der Waals surface area contributed by atoms with Crippen molar-refractivity contribution in [3.63, 3.8) is 0 Å². The molecule has 2 aromatic carbocycles. The number of aromatic nitrogens is 1. The van der Waals surface area contributed by atoms with Crippen LogP contribution in [0.15, 0.2) is 42.5 Å². The Balaban J connectivity index is 1.92. The third-order valence-corrected chi connectivity index (χ3v) is 4.00. The molecule has 0 fully saturated rings. The van der Waals surface area contributed by atoms with Gasteiger partial charge in [0.05, 0.1) is 15.8 Å². The maximum atomic E-state index is 12.3. The molecule has 0 unspecified atom stereocenters. The normalized spacial score (nSPS) is 10.7. The van der Waals surface area contributed by atoms with Crippen LogP contribution in [0.4, 0.5) is 10.8 Å². The number of nitrogens with two attached hydrogens (primary N) is 1. The molecule has 20 heavy (non-hydrogen) atoms. The molecule has 3 rings (SSSR count). The van der Waals surface area contributed by atoms with Crippen LogP contribution in [-0.4, -0.2) is 10.9 Å². The molecule has 0 radical (unpaired) electrons. The van der Waals surface area contributed by atoms with E-state index in [1.54, 1.807) is 6.07 Å². The van der Waals surface area contributed by atoms with Crippen LogP contribution in [0.2, 0.25) is 0 Å². The highest BCUT2D eigenvalue weighted by atomic mass is 32.1. The molecule has 0 aliphatic carbocycles. The highest BCUT2D eigenvalue weighted by Gasteiger charge is 2.14. The lowest BCUT2D eigenvalue weighted by Crippen LogP contribution is -2.15. The number of rotatable bonds is 2. The summed E-state index contributed by atoms with van der Waals surface area (Å²) in [4.78, 5) is 16.7. The third-order valence-electron chi connectivity index (χ3n) is 3.05. The van der Waals surface area contributed by atoms with Gasteiger partial charge in [-0.05, 0) is 30.7 Å². The first-order valence-electron chi connectivity index (χ1n) is 6.17. The van der Waals surface area contributed by atoms with Crippen LogP contribution in [0, 0.1) is 6.92 Å². The Morgan fingerprint density at radius 3 is 2.75 bits per heavy atom. The van der Waals surface area contributed by atoms with Gasteiger partial charge in [-0.3, -0.25) is 10.1 Å². The van der Waals surface area contributed by atoms with Crippen LogP contribution >= 0.6 is 11.3 Å². The summed E-state index contributed by atoms with van der Waals surface area (Å²) in [5, 5.41) is 3.40. The van der Waals surface area contributed by atoms with Crippen molar-refractivity contribution >= 4 is 38.3 Å². The van der Waals surface area contributed by atoms with E-state index in [1.807, 2.05) is 43.3 Å². The second-order valence-electron chi connectivity index (χ2n) is 4.48. The first-order valence-corrected chi connectivity index (χ1v) is 6.99. The number of fused-ring (bicyclic) bond motifs is 1. The molecule has 3 aromatic rings. The number of benzene rings is 2. The fourth-order valence-corrected chi connectivity index (χ4v) is 2.95. The number of anilines is 2. The van der Waals surface area contributed by atoms with Gasteiger partial charge in [0.1, 0.15) is 0 Å². The van der Waals surface area contributed by atoms with Crippen molar-refractivity contribution in [2.45, 2.75) is 6.92 Å². The molecule has 0 atom stereocenters. The van der Waals surface area contributed by atoms with E-state index in [-0.39, 0.29) is 5.91 Å². The predicted molar refractivity (Wildman–Crippen MR) is 83.2 cm³/mol. The van der Waals surface area contributed by atoms with Gasteiger partial charge in [-0.2, -0.15) is 0 Å². The molecule has 0 spiro atoms. The van der Waals surface area contributed by atoms with Gasteiger partial charge in [-0.25, -0.2) is 4.98 Å². The zero-order valence-corrected chi connectivity index (χ0v) is 11.7. The number of nitrogens with one attached hydrogen (secondary N) is 1. The maximum absolute atomic E-state index is 12.3. The standard InChI is InChI=1S/C15H13N3OS/c1-9-5-4-6-10(16)13(9)14(19)18-15-17-11-7-2-3-8-12(11)20-15/h2-8H,16H2,1H3,(H,17,18,19). The summed E-state index contributed by atoms with van der Waals surface area (Å²) in [6.07, 6.45) is 0. The lowest BCUT2D eigenvalue weighted by atomic mass is 10.1. The van der Waals surface area contributed by atoms with Gasteiger partial charge in [0, 0.05) is 5.69 Å². The number of aryl methyl sites for hydroxylation is 1. The molecule has 3 N–H and O–H groups in total. The summed E-state index contributed by atoms with van der Waals surface area (Å²) in [6, 6.07) is 13.2. The average Bonchev–Trinajstić information content (AvgIpc) is 2.80. The maximum Gasteiger partial charge on any atom is 0.259 e. The second-order valence-corrected chi connectivity index (χ2v) is 5.51. The number of carbonyl (C=O) groups excluding carboxylic acids is 1. The van der Waals surface area contributed by atoms with Crippen LogP contribution < -0.4 is 11.1 Å². The van der Waals surface area contributed by atoms with Gasteiger partial charge < -0.3 is 5.73 Å². The quantitative estimate of drug-likeness (QED) is 0.708. The minimum atomic E-state index is -0.223. The molecule has 5 heteroatoms. The van der Waals surface area contributed by atoms with Gasteiger partial charge in [-0.1, -0.05) is 35.6 Å². The van der Waals surface area contributed by atoms with E-state index in [0.29, 0.717) is 16.4 Å². The summed E-state index contributed by atoms with van der Waals surface area (Å²) in [5.41, 5.74) is 8.59. The highest BCUT2D eigenvalue weighted by Crippen LogP contribution is 2.26. The molecule has 0 aliphatic heterocycles. The number of hydrogen-bond donors (Lipinski definition) is 2. The Labute approximate surface area is 120 Å². The molecular formula is C15H13N3OS. The summed E-state index contributed by atoms with van der Waals surface area (Å²) in [6.45, 7) is 1.86. The molecule has 0 saturated heterocycles. The molecule has 1 heterocycles. The van der Waals surface area contributed by atoms with E-state index < -0.39 is 0 Å². The van der Waals surface area contributed by atoms with E-state index >= 15 is 0 Å². The second kappa shape index (κ2) is 4.94. The molecule has 1 aromatic heterocycles. The van der Waals surface area contributed by atoms with Crippen LogP contribution in [0.3, 0.4) is 0 Å². The topological polar surface area (TPSA) is 68.0 Å². The first kappa shape index (κ1) is 12.6. The summed E-state index contributed by atoms with van der Waals surface area (Å²) in [5.74, 6) is -0.223. The van der Waals surface area contributed by atoms with Gasteiger partial charge in [0.25, 0.3) is 5.91 Å². The smallest absolute Gasteiger partial charge is 0.259 e. The fourth-order valence-electron chi connectivity index (χ4n) is 2.09. The van der Waals surface area contributed by atoms with Crippen molar-refractivity contribution in [2.24, 2.45) is 0 Å².